The minimum absolute atomic E-state index is 0.140. The second-order valence-corrected chi connectivity index (χ2v) is 11.9. The van der Waals surface area contributed by atoms with Gasteiger partial charge in [-0.2, -0.15) is 0 Å². The van der Waals surface area contributed by atoms with Crippen LogP contribution in [-0.4, -0.2) is 34.0 Å². The van der Waals surface area contributed by atoms with E-state index < -0.39 is 0 Å². The van der Waals surface area contributed by atoms with Gasteiger partial charge in [0.2, 0.25) is 5.91 Å². The maximum atomic E-state index is 13.7. The first-order chi connectivity index (χ1) is 15.0. The van der Waals surface area contributed by atoms with E-state index in [1.165, 1.54) is 16.5 Å². The highest BCUT2D eigenvalue weighted by atomic mass is 16.5. The van der Waals surface area contributed by atoms with E-state index in [0.717, 1.165) is 43.4 Å². The Morgan fingerprint density at radius 1 is 1.22 bits per heavy atom. The molecule has 4 atom stereocenters. The number of fused-ring (bicyclic) bond motifs is 1. The van der Waals surface area contributed by atoms with Crippen molar-refractivity contribution in [1.29, 1.82) is 0 Å². The molecule has 1 amide bonds. The van der Waals surface area contributed by atoms with Crippen LogP contribution in [0.3, 0.4) is 0 Å². The van der Waals surface area contributed by atoms with Gasteiger partial charge in [-0.25, -0.2) is 0 Å². The molecule has 176 valence electrons. The Hall–Kier alpha value is -1.97. The molecule has 4 rings (SSSR count). The zero-order valence-corrected chi connectivity index (χ0v) is 21.1. The fourth-order valence-corrected chi connectivity index (χ4v) is 5.76. The average Bonchev–Trinajstić information content (AvgIpc) is 3.37. The van der Waals surface area contributed by atoms with Gasteiger partial charge in [-0.15, -0.1) is 0 Å². The Morgan fingerprint density at radius 2 is 1.94 bits per heavy atom. The number of likely N-dealkylation sites (tertiary alicyclic amines) is 1. The van der Waals surface area contributed by atoms with E-state index in [0.29, 0.717) is 36.4 Å². The lowest BCUT2D eigenvalue weighted by atomic mass is 9.79. The quantitative estimate of drug-likeness (QED) is 0.530. The smallest absolute Gasteiger partial charge is 0.223 e. The number of nitrogens with zero attached hydrogens (tertiary/aromatic N) is 1. The number of amides is 1. The maximum absolute atomic E-state index is 13.7. The fraction of sp³-hybridized carbons (Fsp3) is 0.679. The van der Waals surface area contributed by atoms with E-state index in [1.54, 1.807) is 0 Å². The van der Waals surface area contributed by atoms with Gasteiger partial charge in [0.15, 0.2) is 0 Å². The predicted molar refractivity (Wildman–Crippen MR) is 132 cm³/mol. The molecule has 2 aliphatic rings. The largest absolute Gasteiger partial charge is 0.489 e. The topological polar surface area (TPSA) is 45.3 Å². The summed E-state index contributed by atoms with van der Waals surface area (Å²) in [6.45, 7) is 15.8. The summed E-state index contributed by atoms with van der Waals surface area (Å²) >= 11 is 0. The number of H-pyrrole nitrogens is 1. The van der Waals surface area contributed by atoms with Gasteiger partial charge in [-0.05, 0) is 80.4 Å². The van der Waals surface area contributed by atoms with Crippen LogP contribution in [0.5, 0.6) is 5.75 Å². The van der Waals surface area contributed by atoms with Crippen molar-refractivity contribution in [3.63, 3.8) is 0 Å². The molecule has 0 bridgehead atoms. The number of hydrogen-bond acceptors (Lipinski definition) is 2. The Kier molecular flexibility index (Phi) is 6.35. The lowest BCUT2D eigenvalue weighted by Crippen LogP contribution is -2.52. The molecule has 0 radical (unpaired) electrons. The van der Waals surface area contributed by atoms with Crippen LogP contribution in [0, 0.1) is 18.3 Å². The monoisotopic (exact) mass is 438 g/mol. The lowest BCUT2D eigenvalue weighted by Gasteiger charge is -2.46. The standard InChI is InChI=1S/C28H42N2O2/c1-17-12-20(4)30(21(13-17)15-28(5,6)7)25(31)14-19(3)23-16-29-24-11-8-18(2)27(26(23)24)32-22-9-10-22/h8,11,16-17,19-22,29H,9-10,12-15H2,1-7H3. The van der Waals surface area contributed by atoms with E-state index >= 15 is 0 Å². The van der Waals surface area contributed by atoms with Crippen LogP contribution in [0.1, 0.15) is 97.1 Å². The third-order valence-corrected chi connectivity index (χ3v) is 7.27. The van der Waals surface area contributed by atoms with Gasteiger partial charge in [0.05, 0.1) is 6.10 Å². The Bertz CT molecular complexity index is 966. The number of aromatic nitrogens is 1. The molecule has 2 heterocycles. The van der Waals surface area contributed by atoms with Crippen molar-refractivity contribution in [3.05, 3.63) is 29.5 Å². The molecule has 2 aromatic rings. The van der Waals surface area contributed by atoms with Crippen LogP contribution in [0.4, 0.5) is 0 Å². The van der Waals surface area contributed by atoms with Crippen LogP contribution in [0.15, 0.2) is 18.3 Å². The number of hydrogen-bond donors (Lipinski definition) is 1. The molecule has 1 saturated carbocycles. The molecule has 1 N–H and O–H groups in total. The normalized spacial score (nSPS) is 25.2. The second-order valence-electron chi connectivity index (χ2n) is 11.9. The van der Waals surface area contributed by atoms with Gasteiger partial charge >= 0.3 is 0 Å². The zero-order valence-electron chi connectivity index (χ0n) is 21.1. The molecule has 32 heavy (non-hydrogen) atoms. The summed E-state index contributed by atoms with van der Waals surface area (Å²) in [5.41, 5.74) is 3.70. The third kappa shape index (κ3) is 5.00. The SMILES string of the molecule is Cc1ccc2[nH]cc(C(C)CC(=O)N3C(C)CC(C)CC3CC(C)(C)C)c2c1OC1CC1. The first-order valence-electron chi connectivity index (χ1n) is 12.6. The minimum Gasteiger partial charge on any atom is -0.489 e. The summed E-state index contributed by atoms with van der Waals surface area (Å²) in [4.78, 5) is 19.3. The summed E-state index contributed by atoms with van der Waals surface area (Å²) in [6.07, 6.45) is 8.56. The van der Waals surface area contributed by atoms with Crippen molar-refractivity contribution in [2.45, 2.75) is 111 Å². The molecule has 1 aliphatic heterocycles. The Labute approximate surface area is 194 Å². The van der Waals surface area contributed by atoms with Crippen LogP contribution in [0.2, 0.25) is 0 Å². The predicted octanol–water partition coefficient (Wildman–Crippen LogP) is 6.96. The molecule has 4 unspecified atom stereocenters. The van der Waals surface area contributed by atoms with E-state index in [2.05, 4.69) is 76.7 Å². The Balaban J connectivity index is 1.57. The van der Waals surface area contributed by atoms with Gasteiger partial charge in [-0.3, -0.25) is 4.79 Å². The van der Waals surface area contributed by atoms with E-state index in [4.69, 9.17) is 4.74 Å². The fourth-order valence-electron chi connectivity index (χ4n) is 5.76. The molecule has 2 fully saturated rings. The molecule has 1 aliphatic carbocycles. The van der Waals surface area contributed by atoms with Gasteiger partial charge in [-0.1, -0.05) is 40.7 Å². The van der Waals surface area contributed by atoms with Crippen LogP contribution in [0.25, 0.3) is 10.9 Å². The summed E-state index contributed by atoms with van der Waals surface area (Å²) in [5.74, 6) is 2.13. The Morgan fingerprint density at radius 3 is 2.59 bits per heavy atom. The van der Waals surface area contributed by atoms with Crippen molar-refractivity contribution in [2.75, 3.05) is 0 Å². The summed E-state index contributed by atoms with van der Waals surface area (Å²) in [7, 11) is 0. The average molecular weight is 439 g/mol. The van der Waals surface area contributed by atoms with Gasteiger partial charge in [0, 0.05) is 35.6 Å². The number of carbonyl (C=O) groups is 1. The number of ether oxygens (including phenoxy) is 1. The molecule has 1 saturated heterocycles. The number of aryl methyl sites for hydroxylation is 1. The van der Waals surface area contributed by atoms with Crippen molar-refractivity contribution < 1.29 is 9.53 Å². The highest BCUT2D eigenvalue weighted by molar-refractivity contribution is 5.91. The number of rotatable bonds is 6. The molecule has 1 aromatic carbocycles. The van der Waals surface area contributed by atoms with Crippen molar-refractivity contribution in [3.8, 4) is 5.75 Å². The van der Waals surface area contributed by atoms with Gasteiger partial charge in [0.1, 0.15) is 5.75 Å². The van der Waals surface area contributed by atoms with Crippen LogP contribution >= 0.6 is 0 Å². The maximum Gasteiger partial charge on any atom is 0.223 e. The first-order valence-corrected chi connectivity index (χ1v) is 12.6. The van der Waals surface area contributed by atoms with Crippen molar-refractivity contribution >= 4 is 16.8 Å². The second kappa shape index (κ2) is 8.76. The lowest BCUT2D eigenvalue weighted by molar-refractivity contribution is -0.140. The molecule has 4 nitrogen and oxygen atoms in total. The van der Waals surface area contributed by atoms with Crippen LogP contribution < -0.4 is 4.74 Å². The molecular weight excluding hydrogens is 396 g/mol. The van der Waals surface area contributed by atoms with Gasteiger partial charge in [0.25, 0.3) is 0 Å². The molecular formula is C28H42N2O2. The molecule has 0 spiro atoms. The number of nitrogens with one attached hydrogen (secondary N) is 1. The number of piperidine rings is 1. The summed E-state index contributed by atoms with van der Waals surface area (Å²) < 4.78 is 6.33. The highest BCUT2D eigenvalue weighted by Gasteiger charge is 2.37. The van der Waals surface area contributed by atoms with Crippen molar-refractivity contribution in [1.82, 2.24) is 9.88 Å². The van der Waals surface area contributed by atoms with Crippen LogP contribution in [-0.2, 0) is 4.79 Å². The summed E-state index contributed by atoms with van der Waals surface area (Å²) in [6, 6.07) is 4.91. The van der Waals surface area contributed by atoms with E-state index in [1.807, 2.05) is 0 Å². The highest BCUT2D eigenvalue weighted by Crippen LogP contribution is 2.41. The summed E-state index contributed by atoms with van der Waals surface area (Å²) in [5, 5.41) is 1.17. The number of carbonyl (C=O) groups excluding carboxylic acids is 1. The molecule has 4 heteroatoms. The number of aromatic amines is 1. The third-order valence-electron chi connectivity index (χ3n) is 7.27. The van der Waals surface area contributed by atoms with E-state index in [9.17, 15) is 4.79 Å². The van der Waals surface area contributed by atoms with Crippen molar-refractivity contribution in [2.24, 2.45) is 11.3 Å². The molecule has 1 aromatic heterocycles. The van der Waals surface area contributed by atoms with E-state index in [-0.39, 0.29) is 11.3 Å². The zero-order chi connectivity index (χ0) is 23.2. The van der Waals surface area contributed by atoms with Gasteiger partial charge < -0.3 is 14.6 Å². The first kappa shape index (κ1) is 23.2. The number of benzene rings is 1. The minimum atomic E-state index is 0.140.